The highest BCUT2D eigenvalue weighted by molar-refractivity contribution is 7.90. The van der Waals surface area contributed by atoms with E-state index in [1.54, 1.807) is 55.7 Å². The molecule has 138 valence electrons. The van der Waals surface area contributed by atoms with E-state index in [9.17, 15) is 13.2 Å². The second kappa shape index (κ2) is 7.55. The van der Waals surface area contributed by atoms with E-state index in [0.29, 0.717) is 22.6 Å². The lowest BCUT2D eigenvalue weighted by Crippen LogP contribution is -2.14. The van der Waals surface area contributed by atoms with Gasteiger partial charge in [0, 0.05) is 29.9 Å². The Morgan fingerprint density at radius 1 is 1.04 bits per heavy atom. The third-order valence-electron chi connectivity index (χ3n) is 3.75. The standard InChI is InChI=1S/C19H17N3O4S/c1-13-4-9-16(27(2,24)25)12-17(13)18(23)22-14-5-7-15(8-6-14)26-19-20-10-3-11-21-19/h3-12H,1-2H3,(H,22,23). The van der Waals surface area contributed by atoms with Gasteiger partial charge in [0.1, 0.15) is 5.75 Å². The number of aryl methyl sites for hydroxylation is 1. The maximum Gasteiger partial charge on any atom is 0.321 e. The van der Waals surface area contributed by atoms with Gasteiger partial charge >= 0.3 is 6.01 Å². The maximum atomic E-state index is 12.5. The van der Waals surface area contributed by atoms with Crippen LogP contribution in [0.15, 0.2) is 65.8 Å². The highest BCUT2D eigenvalue weighted by atomic mass is 32.2. The number of aromatic nitrogens is 2. The van der Waals surface area contributed by atoms with Crippen LogP contribution in [0.25, 0.3) is 0 Å². The third-order valence-corrected chi connectivity index (χ3v) is 4.86. The van der Waals surface area contributed by atoms with Crippen LogP contribution in [0.3, 0.4) is 0 Å². The Labute approximate surface area is 157 Å². The molecule has 2 aromatic carbocycles. The van der Waals surface area contributed by atoms with E-state index < -0.39 is 15.7 Å². The molecule has 8 heteroatoms. The van der Waals surface area contributed by atoms with Crippen molar-refractivity contribution in [3.05, 3.63) is 72.1 Å². The van der Waals surface area contributed by atoms with Gasteiger partial charge in [0.05, 0.1) is 4.90 Å². The first kappa shape index (κ1) is 18.5. The first-order valence-corrected chi connectivity index (χ1v) is 9.89. The molecule has 1 N–H and O–H groups in total. The van der Waals surface area contributed by atoms with Gasteiger partial charge in [-0.2, -0.15) is 0 Å². The predicted molar refractivity (Wildman–Crippen MR) is 101 cm³/mol. The molecular weight excluding hydrogens is 366 g/mol. The zero-order valence-corrected chi connectivity index (χ0v) is 15.5. The van der Waals surface area contributed by atoms with Crippen LogP contribution in [-0.4, -0.2) is 30.5 Å². The Hall–Kier alpha value is -3.26. The van der Waals surface area contributed by atoms with Crippen molar-refractivity contribution in [3.8, 4) is 11.8 Å². The number of sulfone groups is 1. The highest BCUT2D eigenvalue weighted by Crippen LogP contribution is 2.21. The molecule has 1 amide bonds. The van der Waals surface area contributed by atoms with Crippen molar-refractivity contribution in [3.63, 3.8) is 0 Å². The van der Waals surface area contributed by atoms with Gasteiger partial charge in [-0.1, -0.05) is 6.07 Å². The summed E-state index contributed by atoms with van der Waals surface area (Å²) in [7, 11) is -3.39. The highest BCUT2D eigenvalue weighted by Gasteiger charge is 2.14. The van der Waals surface area contributed by atoms with E-state index in [1.807, 2.05) is 0 Å². The number of ether oxygens (including phenoxy) is 1. The largest absolute Gasteiger partial charge is 0.424 e. The van der Waals surface area contributed by atoms with Crippen LogP contribution in [0.5, 0.6) is 11.8 Å². The van der Waals surface area contributed by atoms with Crippen molar-refractivity contribution in [2.24, 2.45) is 0 Å². The molecule has 0 aliphatic carbocycles. The minimum absolute atomic E-state index is 0.102. The van der Waals surface area contributed by atoms with Crippen molar-refractivity contribution < 1.29 is 17.9 Å². The lowest BCUT2D eigenvalue weighted by Gasteiger charge is -2.10. The number of hydrogen-bond donors (Lipinski definition) is 1. The van der Waals surface area contributed by atoms with Crippen molar-refractivity contribution in [2.45, 2.75) is 11.8 Å². The second-order valence-corrected chi connectivity index (χ2v) is 7.88. The summed E-state index contributed by atoms with van der Waals surface area (Å²) >= 11 is 0. The summed E-state index contributed by atoms with van der Waals surface area (Å²) in [6.07, 6.45) is 4.25. The van der Waals surface area contributed by atoms with Crippen LogP contribution in [0, 0.1) is 6.92 Å². The summed E-state index contributed by atoms with van der Waals surface area (Å²) < 4.78 is 28.9. The van der Waals surface area contributed by atoms with E-state index in [-0.39, 0.29) is 10.9 Å². The molecule has 3 aromatic rings. The first-order valence-electron chi connectivity index (χ1n) is 8.00. The van der Waals surface area contributed by atoms with Crippen LogP contribution < -0.4 is 10.1 Å². The molecule has 1 heterocycles. The molecule has 0 radical (unpaired) electrons. The number of hydrogen-bond acceptors (Lipinski definition) is 6. The summed E-state index contributed by atoms with van der Waals surface area (Å²) in [5.41, 5.74) is 1.53. The van der Waals surface area contributed by atoms with Gasteiger partial charge in [-0.25, -0.2) is 18.4 Å². The van der Waals surface area contributed by atoms with Crippen molar-refractivity contribution in [1.82, 2.24) is 9.97 Å². The molecular formula is C19H17N3O4S. The van der Waals surface area contributed by atoms with Gasteiger partial charge in [-0.3, -0.25) is 4.79 Å². The topological polar surface area (TPSA) is 98.2 Å². The predicted octanol–water partition coefficient (Wildman–Crippen LogP) is 3.23. The third kappa shape index (κ3) is 4.68. The zero-order valence-electron chi connectivity index (χ0n) is 14.7. The first-order chi connectivity index (χ1) is 12.8. The van der Waals surface area contributed by atoms with Crippen molar-refractivity contribution >= 4 is 21.4 Å². The Morgan fingerprint density at radius 2 is 1.70 bits per heavy atom. The molecule has 0 atom stereocenters. The van der Waals surface area contributed by atoms with E-state index in [2.05, 4.69) is 15.3 Å². The summed E-state index contributed by atoms with van der Waals surface area (Å²) in [6, 6.07) is 13.1. The molecule has 27 heavy (non-hydrogen) atoms. The molecule has 0 saturated heterocycles. The van der Waals surface area contributed by atoms with Crippen LogP contribution >= 0.6 is 0 Å². The second-order valence-electron chi connectivity index (χ2n) is 5.86. The zero-order chi connectivity index (χ0) is 19.4. The minimum Gasteiger partial charge on any atom is -0.424 e. The van der Waals surface area contributed by atoms with Crippen molar-refractivity contribution in [2.75, 3.05) is 11.6 Å². The lowest BCUT2D eigenvalue weighted by molar-refractivity contribution is 0.102. The Kier molecular flexibility index (Phi) is 5.18. The molecule has 3 rings (SSSR count). The van der Waals surface area contributed by atoms with Gasteiger partial charge in [-0.05, 0) is 55.0 Å². The molecule has 0 fully saturated rings. The molecule has 0 aliphatic heterocycles. The molecule has 1 aromatic heterocycles. The molecule has 0 aliphatic rings. The van der Waals surface area contributed by atoms with Crippen LogP contribution in [0.4, 0.5) is 5.69 Å². The smallest absolute Gasteiger partial charge is 0.321 e. The maximum absolute atomic E-state index is 12.5. The fraction of sp³-hybridized carbons (Fsp3) is 0.105. The summed E-state index contributed by atoms with van der Waals surface area (Å²) in [5.74, 6) is 0.132. The number of nitrogens with one attached hydrogen (secondary N) is 1. The summed E-state index contributed by atoms with van der Waals surface area (Å²) in [5, 5.41) is 2.75. The van der Waals surface area contributed by atoms with Gasteiger partial charge in [0.2, 0.25) is 0 Å². The Balaban J connectivity index is 1.75. The molecule has 0 bridgehead atoms. The fourth-order valence-electron chi connectivity index (χ4n) is 2.32. The average Bonchev–Trinajstić information content (AvgIpc) is 2.63. The quantitative estimate of drug-likeness (QED) is 0.726. The lowest BCUT2D eigenvalue weighted by atomic mass is 10.1. The fourth-order valence-corrected chi connectivity index (χ4v) is 2.97. The Bertz CT molecular complexity index is 1070. The van der Waals surface area contributed by atoms with Crippen LogP contribution in [0.1, 0.15) is 15.9 Å². The number of nitrogens with zero attached hydrogens (tertiary/aromatic N) is 2. The number of amides is 1. The SMILES string of the molecule is Cc1ccc(S(C)(=O)=O)cc1C(=O)Nc1ccc(Oc2ncccn2)cc1. The van der Waals surface area contributed by atoms with E-state index in [0.717, 1.165) is 6.26 Å². The number of benzene rings is 2. The number of anilines is 1. The van der Waals surface area contributed by atoms with Crippen LogP contribution in [0.2, 0.25) is 0 Å². The Morgan fingerprint density at radius 3 is 2.33 bits per heavy atom. The number of carbonyl (C=O) groups is 1. The molecule has 0 saturated carbocycles. The summed E-state index contributed by atoms with van der Waals surface area (Å²) in [4.78, 5) is 20.6. The molecule has 0 unspecified atom stereocenters. The van der Waals surface area contributed by atoms with E-state index in [4.69, 9.17) is 4.74 Å². The molecule has 7 nitrogen and oxygen atoms in total. The van der Waals surface area contributed by atoms with E-state index >= 15 is 0 Å². The van der Waals surface area contributed by atoms with Crippen LogP contribution in [-0.2, 0) is 9.84 Å². The normalized spacial score (nSPS) is 11.0. The number of carbonyl (C=O) groups excluding carboxylic acids is 1. The minimum atomic E-state index is -3.39. The average molecular weight is 383 g/mol. The van der Waals surface area contributed by atoms with E-state index in [1.165, 1.54) is 12.1 Å². The molecule has 0 spiro atoms. The van der Waals surface area contributed by atoms with Gasteiger partial charge in [-0.15, -0.1) is 0 Å². The van der Waals surface area contributed by atoms with Crippen molar-refractivity contribution in [1.29, 1.82) is 0 Å². The van der Waals surface area contributed by atoms with Gasteiger partial charge < -0.3 is 10.1 Å². The number of rotatable bonds is 5. The monoisotopic (exact) mass is 383 g/mol. The summed E-state index contributed by atoms with van der Waals surface area (Å²) in [6.45, 7) is 1.75. The van der Waals surface area contributed by atoms with Gasteiger partial charge in [0.15, 0.2) is 9.84 Å². The van der Waals surface area contributed by atoms with Gasteiger partial charge in [0.25, 0.3) is 5.91 Å².